The Morgan fingerprint density at radius 2 is 1.95 bits per heavy atom. The minimum Gasteiger partial charge on any atom is -0.479 e. The smallest absolute Gasteiger partial charge is 0.240 e. The van der Waals surface area contributed by atoms with Crippen LogP contribution in [0.25, 0.3) is 11.3 Å². The first-order valence-corrected chi connectivity index (χ1v) is 6.67. The van der Waals surface area contributed by atoms with Crippen LogP contribution in [0.3, 0.4) is 0 Å². The van der Waals surface area contributed by atoms with Gasteiger partial charge in [-0.25, -0.2) is 0 Å². The molecule has 1 heterocycles. The lowest BCUT2D eigenvalue weighted by molar-refractivity contribution is 0.396. The molecule has 20 heavy (non-hydrogen) atoms. The van der Waals surface area contributed by atoms with Gasteiger partial charge in [0.1, 0.15) is 0 Å². The van der Waals surface area contributed by atoms with Crippen LogP contribution in [0.1, 0.15) is 45.9 Å². The van der Waals surface area contributed by atoms with Crippen LogP contribution in [0.5, 0.6) is 5.88 Å². The number of aliphatic imine (C=N–C) groups is 1. The van der Waals surface area contributed by atoms with E-state index < -0.39 is 0 Å². The predicted molar refractivity (Wildman–Crippen MR) is 88.2 cm³/mol. The molecule has 0 aliphatic heterocycles. The summed E-state index contributed by atoms with van der Waals surface area (Å²) in [4.78, 5) is 4.47. The first-order chi connectivity index (χ1) is 9.54. The SMILES string of the molecule is C=CC(=C)c1c(OC)n[nH]c1/C(=C/C)N=C(C)C.CC. The number of nitrogens with zero attached hydrogens (tertiary/aromatic N) is 2. The van der Waals surface area contributed by atoms with Gasteiger partial charge in [0.25, 0.3) is 0 Å². The van der Waals surface area contributed by atoms with E-state index in [1.165, 1.54) is 0 Å². The van der Waals surface area contributed by atoms with Crippen LogP contribution < -0.4 is 4.74 Å². The van der Waals surface area contributed by atoms with E-state index >= 15 is 0 Å². The topological polar surface area (TPSA) is 50.3 Å². The molecular formula is C16H25N3O. The zero-order chi connectivity index (χ0) is 15.7. The molecule has 1 rings (SSSR count). The summed E-state index contributed by atoms with van der Waals surface area (Å²) in [6, 6.07) is 0. The maximum atomic E-state index is 5.22. The Morgan fingerprint density at radius 1 is 1.35 bits per heavy atom. The fourth-order valence-corrected chi connectivity index (χ4v) is 1.56. The molecule has 0 fully saturated rings. The summed E-state index contributed by atoms with van der Waals surface area (Å²) in [6.45, 7) is 17.5. The second-order valence-electron chi connectivity index (χ2n) is 3.95. The molecule has 0 radical (unpaired) electrons. The summed E-state index contributed by atoms with van der Waals surface area (Å²) < 4.78 is 5.22. The van der Waals surface area contributed by atoms with Gasteiger partial charge < -0.3 is 4.74 Å². The van der Waals surface area contributed by atoms with Crippen molar-refractivity contribution in [3.05, 3.63) is 36.6 Å². The Hall–Kier alpha value is -2.10. The molecular weight excluding hydrogens is 250 g/mol. The molecule has 0 saturated carbocycles. The van der Waals surface area contributed by atoms with Crippen molar-refractivity contribution in [1.82, 2.24) is 10.2 Å². The van der Waals surface area contributed by atoms with Crippen LogP contribution in [0.2, 0.25) is 0 Å². The average Bonchev–Trinajstić information content (AvgIpc) is 2.89. The molecule has 0 saturated heterocycles. The van der Waals surface area contributed by atoms with E-state index in [9.17, 15) is 0 Å². The summed E-state index contributed by atoms with van der Waals surface area (Å²) in [6.07, 6.45) is 3.59. The van der Waals surface area contributed by atoms with Gasteiger partial charge in [0.15, 0.2) is 0 Å². The first kappa shape index (κ1) is 17.9. The van der Waals surface area contributed by atoms with Crippen LogP contribution in [0.4, 0.5) is 0 Å². The number of H-pyrrole nitrogens is 1. The number of aromatic nitrogens is 2. The molecule has 0 bridgehead atoms. The van der Waals surface area contributed by atoms with Crippen LogP contribution in [-0.2, 0) is 0 Å². The fraction of sp³-hybridized carbons (Fsp3) is 0.375. The van der Waals surface area contributed by atoms with Crippen LogP contribution >= 0.6 is 0 Å². The molecule has 0 unspecified atom stereocenters. The molecule has 110 valence electrons. The van der Waals surface area contributed by atoms with Crippen molar-refractivity contribution in [2.24, 2.45) is 4.99 Å². The van der Waals surface area contributed by atoms with Crippen LogP contribution in [0.15, 0.2) is 30.3 Å². The Balaban J connectivity index is 0.00000172. The van der Waals surface area contributed by atoms with E-state index in [1.807, 2.05) is 40.7 Å². The van der Waals surface area contributed by atoms with Crippen LogP contribution in [0, 0.1) is 0 Å². The van der Waals surface area contributed by atoms with Crippen molar-refractivity contribution in [3.63, 3.8) is 0 Å². The number of allylic oxidation sites excluding steroid dienone is 3. The summed E-state index contributed by atoms with van der Waals surface area (Å²) in [5.74, 6) is 0.498. The Morgan fingerprint density at radius 3 is 2.35 bits per heavy atom. The van der Waals surface area contributed by atoms with E-state index in [1.54, 1.807) is 13.2 Å². The summed E-state index contributed by atoms with van der Waals surface area (Å²) >= 11 is 0. The quantitative estimate of drug-likeness (QED) is 0.636. The van der Waals surface area contributed by atoms with E-state index in [-0.39, 0.29) is 0 Å². The minimum atomic E-state index is 0.498. The zero-order valence-corrected chi connectivity index (χ0v) is 13.4. The number of ether oxygens (including phenoxy) is 1. The second kappa shape index (κ2) is 8.91. The predicted octanol–water partition coefficient (Wildman–Crippen LogP) is 4.49. The third-order valence-corrected chi connectivity index (χ3v) is 2.37. The van der Waals surface area contributed by atoms with Crippen molar-refractivity contribution in [1.29, 1.82) is 0 Å². The lowest BCUT2D eigenvalue weighted by atomic mass is 10.1. The molecule has 0 amide bonds. The fourth-order valence-electron chi connectivity index (χ4n) is 1.56. The summed E-state index contributed by atoms with van der Waals surface area (Å²) in [5.41, 5.74) is 4.11. The van der Waals surface area contributed by atoms with E-state index in [4.69, 9.17) is 4.74 Å². The highest BCUT2D eigenvalue weighted by Gasteiger charge is 2.17. The number of rotatable bonds is 5. The van der Waals surface area contributed by atoms with Gasteiger partial charge >= 0.3 is 0 Å². The molecule has 1 N–H and O–H groups in total. The van der Waals surface area contributed by atoms with E-state index in [2.05, 4.69) is 28.3 Å². The molecule has 1 aromatic rings. The zero-order valence-electron chi connectivity index (χ0n) is 13.4. The number of hydrogen-bond donors (Lipinski definition) is 1. The standard InChI is InChI=1S/C14H19N3O.C2H6/c1-7-10(5)12-13(16-17-14(12)18-6)11(8-2)15-9(3)4;1-2/h7-8H,1,5H2,2-4,6H3,(H,16,17);1-2H3/b11-8-;. The van der Waals surface area contributed by atoms with Crippen LogP contribution in [-0.4, -0.2) is 23.0 Å². The highest BCUT2D eigenvalue weighted by atomic mass is 16.5. The monoisotopic (exact) mass is 275 g/mol. The van der Waals surface area contributed by atoms with Crippen molar-refractivity contribution < 1.29 is 4.74 Å². The minimum absolute atomic E-state index is 0.498. The molecule has 0 spiro atoms. The van der Waals surface area contributed by atoms with E-state index in [0.717, 1.165) is 28.2 Å². The third kappa shape index (κ3) is 4.23. The summed E-state index contributed by atoms with van der Waals surface area (Å²) in [5, 5.41) is 7.05. The Bertz CT molecular complexity index is 518. The largest absolute Gasteiger partial charge is 0.479 e. The van der Waals surface area contributed by atoms with Crippen molar-refractivity contribution in [2.45, 2.75) is 34.6 Å². The molecule has 0 aliphatic carbocycles. The lowest BCUT2D eigenvalue weighted by Crippen LogP contribution is -1.92. The maximum Gasteiger partial charge on any atom is 0.240 e. The van der Waals surface area contributed by atoms with E-state index in [0.29, 0.717) is 5.88 Å². The van der Waals surface area contributed by atoms with Gasteiger partial charge in [0.05, 0.1) is 24.1 Å². The number of aromatic amines is 1. The van der Waals surface area contributed by atoms with Gasteiger partial charge in [-0.1, -0.05) is 39.2 Å². The van der Waals surface area contributed by atoms with Crippen molar-refractivity contribution >= 4 is 17.0 Å². The van der Waals surface area contributed by atoms with Crippen molar-refractivity contribution in [2.75, 3.05) is 7.11 Å². The number of nitrogens with one attached hydrogen (secondary N) is 1. The third-order valence-electron chi connectivity index (χ3n) is 2.37. The first-order valence-electron chi connectivity index (χ1n) is 6.67. The highest BCUT2D eigenvalue weighted by molar-refractivity contribution is 5.89. The van der Waals surface area contributed by atoms with Crippen molar-refractivity contribution in [3.8, 4) is 5.88 Å². The number of methoxy groups -OCH3 is 1. The van der Waals surface area contributed by atoms with Gasteiger partial charge in [-0.05, 0) is 26.3 Å². The highest BCUT2D eigenvalue weighted by Crippen LogP contribution is 2.31. The van der Waals surface area contributed by atoms with Gasteiger partial charge in [-0.2, -0.15) is 0 Å². The van der Waals surface area contributed by atoms with Gasteiger partial charge in [0, 0.05) is 5.71 Å². The van der Waals surface area contributed by atoms with Gasteiger partial charge in [-0.15, -0.1) is 5.10 Å². The second-order valence-corrected chi connectivity index (χ2v) is 3.95. The number of hydrogen-bond acceptors (Lipinski definition) is 3. The average molecular weight is 275 g/mol. The summed E-state index contributed by atoms with van der Waals surface area (Å²) in [7, 11) is 1.57. The normalized spacial score (nSPS) is 10.2. The Labute approximate surface area is 122 Å². The molecule has 0 atom stereocenters. The molecule has 0 aromatic carbocycles. The molecule has 0 aliphatic rings. The molecule has 4 heteroatoms. The molecule has 4 nitrogen and oxygen atoms in total. The maximum absolute atomic E-state index is 5.22. The lowest BCUT2D eigenvalue weighted by Gasteiger charge is -2.05. The Kier molecular flexibility index (Phi) is 7.97. The van der Waals surface area contributed by atoms with Gasteiger partial charge in [-0.3, -0.25) is 10.1 Å². The molecule has 1 aromatic heterocycles. The van der Waals surface area contributed by atoms with Gasteiger partial charge in [0.2, 0.25) is 5.88 Å².